The molecule has 1 N–H and O–H groups in total. The number of aromatic nitrogens is 1. The Kier molecular flexibility index (Phi) is 7.48. The topological polar surface area (TPSA) is 104 Å². The summed E-state index contributed by atoms with van der Waals surface area (Å²) < 4.78 is 11.9. The fourth-order valence-electron chi connectivity index (χ4n) is 6.83. The molecule has 2 aromatic carbocycles. The number of piperidine rings is 1. The largest absolute Gasteiger partial charge is 0.489 e. The van der Waals surface area contributed by atoms with Crippen molar-refractivity contribution in [2.24, 2.45) is 0 Å². The Morgan fingerprint density at radius 2 is 1.88 bits per heavy atom. The normalized spacial score (nSPS) is 23.1. The first-order chi connectivity index (χ1) is 20.9. The number of likely N-dealkylation sites (tertiary alicyclic amines) is 1. The van der Waals surface area contributed by atoms with Crippen molar-refractivity contribution in [3.63, 3.8) is 0 Å². The molecule has 10 heteroatoms. The minimum absolute atomic E-state index is 0.0619. The first-order valence-corrected chi connectivity index (χ1v) is 15.3. The van der Waals surface area contributed by atoms with Gasteiger partial charge in [0.05, 0.1) is 5.52 Å². The number of fused-ring (bicyclic) bond motifs is 2. The highest BCUT2D eigenvalue weighted by Gasteiger charge is 2.39. The molecule has 1 unspecified atom stereocenters. The number of amides is 3. The molecule has 3 amide bonds. The predicted octanol–water partition coefficient (Wildman–Crippen LogP) is 3.26. The van der Waals surface area contributed by atoms with Crippen LogP contribution in [0.5, 0.6) is 5.75 Å². The number of hydrogen-bond donors (Lipinski definition) is 1. The van der Waals surface area contributed by atoms with Crippen LogP contribution in [0.15, 0.2) is 48.5 Å². The summed E-state index contributed by atoms with van der Waals surface area (Å²) in [5, 5.41) is 3.50. The minimum atomic E-state index is -0.614. The Morgan fingerprint density at radius 3 is 2.72 bits per heavy atom. The van der Waals surface area contributed by atoms with Crippen molar-refractivity contribution in [2.75, 3.05) is 38.3 Å². The number of anilines is 1. The summed E-state index contributed by atoms with van der Waals surface area (Å²) in [4.78, 5) is 48.1. The van der Waals surface area contributed by atoms with Crippen LogP contribution in [0.2, 0.25) is 0 Å². The Hall–Kier alpha value is -4.02. The summed E-state index contributed by atoms with van der Waals surface area (Å²) in [6.07, 6.45) is 3.65. The first-order valence-electron chi connectivity index (χ1n) is 15.3. The zero-order valence-corrected chi connectivity index (χ0v) is 24.5. The maximum absolute atomic E-state index is 13.0. The molecule has 3 aromatic rings. The standard InChI is InChI=1S/C33H37N5O5/c1-36(24-11-14-42-15-12-24)30-8-3-22-16-21(2-6-28(22)34-30)18-37-13-10-26(20-37)43-25-4-5-27-23(17-25)19-38(33(27)41)29-7-9-31(39)35-32(29)40/h2-6,8,16-17,24,26,29H,7,9-15,18-20H2,1H3,(H,35,39,40)/t26-,29?/m0/s1. The number of hydrogen-bond acceptors (Lipinski definition) is 8. The Balaban J connectivity index is 0.952. The van der Waals surface area contributed by atoms with Crippen molar-refractivity contribution in [2.45, 2.75) is 63.4 Å². The van der Waals surface area contributed by atoms with Crippen molar-refractivity contribution >= 4 is 34.4 Å². The van der Waals surface area contributed by atoms with Gasteiger partial charge in [-0.05, 0) is 79.3 Å². The second-order valence-corrected chi connectivity index (χ2v) is 12.1. The number of imide groups is 1. The van der Waals surface area contributed by atoms with Gasteiger partial charge >= 0.3 is 0 Å². The molecule has 0 radical (unpaired) electrons. The molecule has 0 bridgehead atoms. The lowest BCUT2D eigenvalue weighted by Gasteiger charge is -2.32. The molecule has 224 valence electrons. The Morgan fingerprint density at radius 1 is 1.02 bits per heavy atom. The molecule has 2 atom stereocenters. The second-order valence-electron chi connectivity index (χ2n) is 12.1. The first kappa shape index (κ1) is 27.8. The monoisotopic (exact) mass is 583 g/mol. The summed E-state index contributed by atoms with van der Waals surface area (Å²) in [5.41, 5.74) is 3.71. The van der Waals surface area contributed by atoms with E-state index in [0.717, 1.165) is 80.1 Å². The minimum Gasteiger partial charge on any atom is -0.489 e. The van der Waals surface area contributed by atoms with Crippen LogP contribution in [-0.4, -0.2) is 84.0 Å². The third kappa shape index (κ3) is 5.69. The van der Waals surface area contributed by atoms with Crippen LogP contribution in [0.1, 0.15) is 53.6 Å². The van der Waals surface area contributed by atoms with Gasteiger partial charge in [0, 0.05) is 69.9 Å². The van der Waals surface area contributed by atoms with Gasteiger partial charge in [0.2, 0.25) is 11.8 Å². The van der Waals surface area contributed by atoms with E-state index in [4.69, 9.17) is 14.5 Å². The van der Waals surface area contributed by atoms with Gasteiger partial charge in [-0.2, -0.15) is 0 Å². The third-order valence-electron chi connectivity index (χ3n) is 9.27. The SMILES string of the molecule is CN(c1ccc2cc(CN3CC[C@H](Oc4ccc5c(c4)CN(C4CCC(=O)NC4=O)C5=O)C3)ccc2n1)C1CCOCC1. The van der Waals surface area contributed by atoms with Crippen molar-refractivity contribution in [1.29, 1.82) is 0 Å². The Labute approximate surface area is 250 Å². The number of rotatable bonds is 7. The van der Waals surface area contributed by atoms with Crippen LogP contribution in [-0.2, 0) is 27.4 Å². The molecule has 43 heavy (non-hydrogen) atoms. The average Bonchev–Trinajstić information content (AvgIpc) is 3.59. The van der Waals surface area contributed by atoms with E-state index in [-0.39, 0.29) is 24.3 Å². The maximum Gasteiger partial charge on any atom is 0.255 e. The van der Waals surface area contributed by atoms with Crippen LogP contribution < -0.4 is 15.0 Å². The van der Waals surface area contributed by atoms with Crippen molar-refractivity contribution in [3.05, 3.63) is 65.2 Å². The quantitative estimate of drug-likeness (QED) is 0.423. The fourth-order valence-corrected chi connectivity index (χ4v) is 6.83. The number of nitrogens with one attached hydrogen (secondary N) is 1. The summed E-state index contributed by atoms with van der Waals surface area (Å²) in [7, 11) is 2.13. The molecule has 1 aromatic heterocycles. The van der Waals surface area contributed by atoms with E-state index in [1.165, 1.54) is 5.56 Å². The van der Waals surface area contributed by atoms with E-state index in [1.807, 2.05) is 12.1 Å². The van der Waals surface area contributed by atoms with E-state index in [0.29, 0.717) is 24.6 Å². The van der Waals surface area contributed by atoms with Crippen LogP contribution in [0.3, 0.4) is 0 Å². The van der Waals surface area contributed by atoms with E-state index in [1.54, 1.807) is 11.0 Å². The summed E-state index contributed by atoms with van der Waals surface area (Å²) >= 11 is 0. The Bertz CT molecular complexity index is 1570. The molecule has 4 aliphatic rings. The van der Waals surface area contributed by atoms with Gasteiger partial charge in [-0.15, -0.1) is 0 Å². The van der Waals surface area contributed by atoms with Gasteiger partial charge < -0.3 is 19.3 Å². The third-order valence-corrected chi connectivity index (χ3v) is 9.27. The van der Waals surface area contributed by atoms with Crippen LogP contribution in [0.4, 0.5) is 5.82 Å². The number of nitrogens with zero attached hydrogens (tertiary/aromatic N) is 4. The predicted molar refractivity (Wildman–Crippen MR) is 161 cm³/mol. The highest BCUT2D eigenvalue weighted by Crippen LogP contribution is 2.31. The lowest BCUT2D eigenvalue weighted by atomic mass is 10.0. The van der Waals surface area contributed by atoms with Gasteiger partial charge in [-0.3, -0.25) is 24.6 Å². The maximum atomic E-state index is 13.0. The molecule has 0 aliphatic carbocycles. The number of pyridine rings is 1. The van der Waals surface area contributed by atoms with Crippen molar-refractivity contribution in [1.82, 2.24) is 20.1 Å². The number of benzene rings is 2. The summed E-state index contributed by atoms with van der Waals surface area (Å²) in [6, 6.07) is 16.2. The molecular weight excluding hydrogens is 546 g/mol. The van der Waals surface area contributed by atoms with Gasteiger partial charge in [-0.1, -0.05) is 6.07 Å². The van der Waals surface area contributed by atoms with Gasteiger partial charge in [-0.25, -0.2) is 4.98 Å². The molecule has 5 heterocycles. The molecule has 7 rings (SSSR count). The summed E-state index contributed by atoms with van der Waals surface area (Å²) in [5.74, 6) is 0.891. The van der Waals surface area contributed by atoms with Crippen LogP contribution >= 0.6 is 0 Å². The van der Waals surface area contributed by atoms with Gasteiger partial charge in [0.25, 0.3) is 5.91 Å². The van der Waals surface area contributed by atoms with Crippen LogP contribution in [0, 0.1) is 0 Å². The molecule has 0 saturated carbocycles. The lowest BCUT2D eigenvalue weighted by Crippen LogP contribution is -2.52. The van der Waals surface area contributed by atoms with Gasteiger partial charge in [0.15, 0.2) is 0 Å². The highest BCUT2D eigenvalue weighted by molar-refractivity contribution is 6.05. The fraction of sp³-hybridized carbons (Fsp3) is 0.455. The van der Waals surface area contributed by atoms with Crippen molar-refractivity contribution in [3.8, 4) is 5.75 Å². The van der Waals surface area contributed by atoms with Gasteiger partial charge in [0.1, 0.15) is 23.7 Å². The second kappa shape index (κ2) is 11.6. The van der Waals surface area contributed by atoms with E-state index >= 15 is 0 Å². The number of carbonyl (C=O) groups excluding carboxylic acids is 3. The molecule has 4 aliphatic heterocycles. The zero-order chi connectivity index (χ0) is 29.5. The molecular formula is C33H37N5O5. The molecule has 10 nitrogen and oxygen atoms in total. The smallest absolute Gasteiger partial charge is 0.255 e. The van der Waals surface area contributed by atoms with Crippen LogP contribution in [0.25, 0.3) is 10.9 Å². The highest BCUT2D eigenvalue weighted by atomic mass is 16.5. The lowest BCUT2D eigenvalue weighted by molar-refractivity contribution is -0.136. The molecule has 3 saturated heterocycles. The molecule has 3 fully saturated rings. The average molecular weight is 584 g/mol. The van der Waals surface area contributed by atoms with Crippen molar-refractivity contribution < 1.29 is 23.9 Å². The van der Waals surface area contributed by atoms with E-state index in [9.17, 15) is 14.4 Å². The molecule has 0 spiro atoms. The number of carbonyl (C=O) groups is 3. The zero-order valence-electron chi connectivity index (χ0n) is 24.5. The number of ether oxygens (including phenoxy) is 2. The van der Waals surface area contributed by atoms with E-state index < -0.39 is 11.9 Å². The van der Waals surface area contributed by atoms with E-state index in [2.05, 4.69) is 52.5 Å². The summed E-state index contributed by atoms with van der Waals surface area (Å²) in [6.45, 7) is 4.59.